The molecule has 9 nitrogen and oxygen atoms in total. The van der Waals surface area contributed by atoms with Crippen molar-refractivity contribution < 1.29 is 19.5 Å². The standard InChI is InChI=1S/C22H23N3O6/c26-21-17-5-1-2-6-19(17)24(9-3-4-12-31-25(28)29)20-8-7-16(15-18(20)21)22(27)23-10-13-30-14-11-23/h1-2,5-8,15H,3-4,9-14H2. The maximum Gasteiger partial charge on any atom is 0.294 e. The van der Waals surface area contributed by atoms with Crippen LogP contribution >= 0.6 is 0 Å². The lowest BCUT2D eigenvalue weighted by atomic mass is 10.1. The van der Waals surface area contributed by atoms with Crippen molar-refractivity contribution in [2.24, 2.45) is 0 Å². The Bertz CT molecular complexity index is 1180. The van der Waals surface area contributed by atoms with Gasteiger partial charge in [0.15, 0.2) is 5.43 Å². The fourth-order valence-corrected chi connectivity index (χ4v) is 3.96. The van der Waals surface area contributed by atoms with Crippen LogP contribution in [0.15, 0.2) is 47.3 Å². The summed E-state index contributed by atoms with van der Waals surface area (Å²) in [6, 6.07) is 12.6. The smallest absolute Gasteiger partial charge is 0.294 e. The van der Waals surface area contributed by atoms with Crippen molar-refractivity contribution in [2.45, 2.75) is 19.4 Å². The molecule has 0 radical (unpaired) electrons. The summed E-state index contributed by atoms with van der Waals surface area (Å²) in [6.07, 6.45) is 1.15. The van der Waals surface area contributed by atoms with Gasteiger partial charge in [-0.15, -0.1) is 10.1 Å². The first kappa shape index (κ1) is 20.8. The zero-order valence-corrected chi connectivity index (χ0v) is 17.0. The normalized spacial score (nSPS) is 14.1. The highest BCUT2D eigenvalue weighted by Gasteiger charge is 2.20. The van der Waals surface area contributed by atoms with Gasteiger partial charge in [-0.2, -0.15) is 0 Å². The Labute approximate surface area is 177 Å². The van der Waals surface area contributed by atoms with Crippen LogP contribution in [0.2, 0.25) is 0 Å². The number of ether oxygens (including phenoxy) is 1. The van der Waals surface area contributed by atoms with E-state index >= 15 is 0 Å². The third kappa shape index (κ3) is 4.36. The molecule has 2 aromatic carbocycles. The first-order valence-corrected chi connectivity index (χ1v) is 10.3. The van der Waals surface area contributed by atoms with Crippen LogP contribution in [0.1, 0.15) is 23.2 Å². The molecule has 0 spiro atoms. The number of fused-ring (bicyclic) bond motifs is 2. The SMILES string of the molecule is O=C(c1ccc2c(c1)c(=O)c1ccccc1n2CCCCO[N+](=O)[O-])N1CCOCC1. The zero-order valence-electron chi connectivity index (χ0n) is 17.0. The van der Waals surface area contributed by atoms with E-state index in [0.717, 1.165) is 11.0 Å². The summed E-state index contributed by atoms with van der Waals surface area (Å²) in [5, 5.41) is 10.6. The number of aryl methyl sites for hydroxylation is 1. The summed E-state index contributed by atoms with van der Waals surface area (Å²) in [4.78, 5) is 42.5. The largest absolute Gasteiger partial charge is 0.378 e. The van der Waals surface area contributed by atoms with Crippen LogP contribution in [0.3, 0.4) is 0 Å². The molecule has 3 aromatic rings. The summed E-state index contributed by atoms with van der Waals surface area (Å²) in [6.45, 7) is 2.68. The number of carbonyl (C=O) groups excluding carboxylic acids is 1. The van der Waals surface area contributed by atoms with Crippen LogP contribution in [0, 0.1) is 10.1 Å². The number of amides is 1. The Hall–Kier alpha value is -3.46. The molecule has 0 N–H and O–H groups in total. The summed E-state index contributed by atoms with van der Waals surface area (Å²) in [5.41, 5.74) is 1.89. The van der Waals surface area contributed by atoms with Crippen LogP contribution in [-0.4, -0.2) is 53.4 Å². The van der Waals surface area contributed by atoms with E-state index in [4.69, 9.17) is 4.74 Å². The second-order valence-corrected chi connectivity index (χ2v) is 7.40. The molecule has 1 aromatic heterocycles. The van der Waals surface area contributed by atoms with Crippen LogP contribution in [0.25, 0.3) is 21.8 Å². The second-order valence-electron chi connectivity index (χ2n) is 7.40. The van der Waals surface area contributed by atoms with Crippen molar-refractivity contribution in [1.82, 2.24) is 9.47 Å². The Morgan fingerprint density at radius 1 is 1.06 bits per heavy atom. The molecular weight excluding hydrogens is 402 g/mol. The van der Waals surface area contributed by atoms with Gasteiger partial charge >= 0.3 is 0 Å². The molecule has 0 saturated carbocycles. The van der Waals surface area contributed by atoms with Crippen molar-refractivity contribution in [3.8, 4) is 0 Å². The number of nitrogens with zero attached hydrogens (tertiary/aromatic N) is 3. The minimum Gasteiger partial charge on any atom is -0.378 e. The van der Waals surface area contributed by atoms with Gasteiger partial charge in [-0.1, -0.05) is 12.1 Å². The van der Waals surface area contributed by atoms with Crippen LogP contribution in [0.5, 0.6) is 0 Å². The summed E-state index contributed by atoms with van der Waals surface area (Å²) >= 11 is 0. The molecule has 0 unspecified atom stereocenters. The molecule has 4 rings (SSSR count). The Kier molecular flexibility index (Phi) is 6.13. The average Bonchev–Trinajstić information content (AvgIpc) is 2.80. The van der Waals surface area contributed by atoms with Crippen LogP contribution in [0.4, 0.5) is 0 Å². The molecule has 9 heteroatoms. The topological polar surface area (TPSA) is 104 Å². The lowest BCUT2D eigenvalue weighted by molar-refractivity contribution is -0.757. The zero-order chi connectivity index (χ0) is 21.8. The molecule has 0 aliphatic carbocycles. The fourth-order valence-electron chi connectivity index (χ4n) is 3.96. The highest BCUT2D eigenvalue weighted by Crippen LogP contribution is 2.22. The van der Waals surface area contributed by atoms with Crippen LogP contribution < -0.4 is 5.43 Å². The predicted molar refractivity (Wildman–Crippen MR) is 115 cm³/mol. The second kappa shape index (κ2) is 9.13. The third-order valence-corrected chi connectivity index (χ3v) is 5.49. The fraction of sp³-hybridized carbons (Fsp3) is 0.364. The van der Waals surface area contributed by atoms with Gasteiger partial charge in [0, 0.05) is 36.0 Å². The molecule has 0 bridgehead atoms. The number of para-hydroxylation sites is 1. The van der Waals surface area contributed by atoms with E-state index in [1.165, 1.54) is 0 Å². The Morgan fingerprint density at radius 3 is 2.58 bits per heavy atom. The highest BCUT2D eigenvalue weighted by atomic mass is 16.9. The van der Waals surface area contributed by atoms with Crippen molar-refractivity contribution in [3.05, 3.63) is 68.4 Å². The number of hydrogen-bond donors (Lipinski definition) is 0. The van der Waals surface area contributed by atoms with E-state index in [0.29, 0.717) is 62.0 Å². The Balaban J connectivity index is 1.71. The van der Waals surface area contributed by atoms with Crippen molar-refractivity contribution in [3.63, 3.8) is 0 Å². The summed E-state index contributed by atoms with van der Waals surface area (Å²) < 4.78 is 7.34. The molecule has 0 atom stereocenters. The van der Waals surface area contributed by atoms with E-state index in [2.05, 4.69) is 4.84 Å². The van der Waals surface area contributed by atoms with Gasteiger partial charge in [-0.05, 0) is 43.2 Å². The van der Waals surface area contributed by atoms with E-state index in [9.17, 15) is 19.7 Å². The molecule has 1 saturated heterocycles. The van der Waals surface area contributed by atoms with Gasteiger partial charge in [-0.3, -0.25) is 9.59 Å². The summed E-state index contributed by atoms with van der Waals surface area (Å²) in [5.74, 6) is -0.110. The predicted octanol–water partition coefficient (Wildman–Crippen LogP) is 2.62. The van der Waals surface area contributed by atoms with Gasteiger partial charge in [0.05, 0.1) is 30.9 Å². The van der Waals surface area contributed by atoms with Crippen molar-refractivity contribution in [1.29, 1.82) is 0 Å². The highest BCUT2D eigenvalue weighted by molar-refractivity contribution is 6.00. The molecule has 1 amide bonds. The minimum absolute atomic E-state index is 0.0290. The van der Waals surface area contributed by atoms with Gasteiger partial charge in [0.25, 0.3) is 11.0 Å². The average molecular weight is 425 g/mol. The van der Waals surface area contributed by atoms with Crippen molar-refractivity contribution in [2.75, 3.05) is 32.9 Å². The number of benzene rings is 2. The molecule has 2 heterocycles. The molecule has 1 aliphatic rings. The quantitative estimate of drug-likeness (QED) is 0.249. The number of morpholine rings is 1. The number of unbranched alkanes of at least 4 members (excludes halogenated alkanes) is 1. The molecular formula is C22H23N3O6. The van der Waals surface area contributed by atoms with Crippen molar-refractivity contribution >= 4 is 27.7 Å². The van der Waals surface area contributed by atoms with E-state index in [1.54, 1.807) is 23.1 Å². The van der Waals surface area contributed by atoms with Crippen LogP contribution in [-0.2, 0) is 16.1 Å². The lowest BCUT2D eigenvalue weighted by Crippen LogP contribution is -2.40. The lowest BCUT2D eigenvalue weighted by Gasteiger charge is -2.27. The van der Waals surface area contributed by atoms with E-state index in [1.807, 2.05) is 28.8 Å². The first-order valence-electron chi connectivity index (χ1n) is 10.3. The molecule has 162 valence electrons. The van der Waals surface area contributed by atoms with Gasteiger partial charge in [-0.25, -0.2) is 0 Å². The number of carbonyl (C=O) groups is 1. The van der Waals surface area contributed by atoms with E-state index < -0.39 is 5.09 Å². The number of hydrogen-bond acceptors (Lipinski definition) is 6. The van der Waals surface area contributed by atoms with E-state index in [-0.39, 0.29) is 17.9 Å². The Morgan fingerprint density at radius 2 is 1.81 bits per heavy atom. The number of rotatable bonds is 7. The summed E-state index contributed by atoms with van der Waals surface area (Å²) in [7, 11) is 0. The van der Waals surface area contributed by atoms with Gasteiger partial charge in [0.2, 0.25) is 0 Å². The molecule has 1 aliphatic heterocycles. The maximum absolute atomic E-state index is 13.2. The van der Waals surface area contributed by atoms with Gasteiger partial charge in [0.1, 0.15) is 0 Å². The maximum atomic E-state index is 13.2. The minimum atomic E-state index is -0.794. The third-order valence-electron chi connectivity index (χ3n) is 5.49. The number of pyridine rings is 1. The molecule has 31 heavy (non-hydrogen) atoms. The monoisotopic (exact) mass is 425 g/mol. The van der Waals surface area contributed by atoms with Gasteiger partial charge < -0.3 is 19.0 Å². The molecule has 1 fully saturated rings. The number of aromatic nitrogens is 1. The first-order chi connectivity index (χ1) is 15.1.